The zero-order valence-corrected chi connectivity index (χ0v) is 16.8. The van der Waals surface area contributed by atoms with E-state index in [1.807, 2.05) is 71.7 Å². The van der Waals surface area contributed by atoms with Crippen molar-refractivity contribution >= 4 is 17.5 Å². The molecule has 30 heavy (non-hydrogen) atoms. The highest BCUT2D eigenvalue weighted by Crippen LogP contribution is 2.33. The van der Waals surface area contributed by atoms with Gasteiger partial charge >= 0.3 is 0 Å². The number of hydrogen-bond acceptors (Lipinski definition) is 4. The van der Waals surface area contributed by atoms with Gasteiger partial charge in [0.15, 0.2) is 6.10 Å². The summed E-state index contributed by atoms with van der Waals surface area (Å²) in [7, 11) is 0. The van der Waals surface area contributed by atoms with Gasteiger partial charge in [0.1, 0.15) is 5.75 Å². The fourth-order valence-electron chi connectivity index (χ4n) is 3.45. The molecule has 1 unspecified atom stereocenters. The molecule has 0 fully saturated rings. The number of benzene rings is 2. The summed E-state index contributed by atoms with van der Waals surface area (Å²) in [6.45, 7) is 2.56. The van der Waals surface area contributed by atoms with E-state index in [1.165, 1.54) is 0 Å². The molecule has 3 aromatic rings. The number of carbonyl (C=O) groups excluding carboxylic acids is 2. The van der Waals surface area contributed by atoms with Gasteiger partial charge in [-0.1, -0.05) is 30.3 Å². The number of carbonyl (C=O) groups is 2. The average molecular weight is 404 g/mol. The van der Waals surface area contributed by atoms with Gasteiger partial charge in [-0.15, -0.1) is 0 Å². The Labute approximate surface area is 175 Å². The van der Waals surface area contributed by atoms with Gasteiger partial charge in [0, 0.05) is 25.7 Å². The van der Waals surface area contributed by atoms with E-state index in [9.17, 15) is 9.59 Å². The molecule has 0 spiro atoms. The molecule has 1 N–H and O–H groups in total. The predicted molar refractivity (Wildman–Crippen MR) is 114 cm³/mol. The monoisotopic (exact) mass is 404 g/mol. The van der Waals surface area contributed by atoms with E-state index < -0.39 is 6.10 Å². The van der Waals surface area contributed by atoms with E-state index in [1.54, 1.807) is 11.8 Å². The predicted octanol–water partition coefficient (Wildman–Crippen LogP) is 2.74. The van der Waals surface area contributed by atoms with Crippen molar-refractivity contribution < 1.29 is 14.3 Å². The van der Waals surface area contributed by atoms with Crippen molar-refractivity contribution in [3.63, 3.8) is 0 Å². The maximum absolute atomic E-state index is 12.5. The largest absolute Gasteiger partial charge is 0.479 e. The lowest BCUT2D eigenvalue weighted by Gasteiger charge is -2.32. The molecule has 154 valence electrons. The van der Waals surface area contributed by atoms with Crippen LogP contribution in [0.5, 0.6) is 5.75 Å². The molecule has 0 aliphatic carbocycles. The molecule has 4 rings (SSSR count). The molecular weight excluding hydrogens is 380 g/mol. The van der Waals surface area contributed by atoms with Crippen LogP contribution in [0.15, 0.2) is 67.0 Å². The van der Waals surface area contributed by atoms with Crippen LogP contribution >= 0.6 is 0 Å². The summed E-state index contributed by atoms with van der Waals surface area (Å²) in [5.74, 6) is 0.449. The summed E-state index contributed by atoms with van der Waals surface area (Å²) >= 11 is 0. The van der Waals surface area contributed by atoms with Gasteiger partial charge in [-0.2, -0.15) is 5.10 Å². The molecule has 2 amide bonds. The number of para-hydroxylation sites is 3. The third-order valence-electron chi connectivity index (χ3n) is 5.03. The number of hydrogen-bond donors (Lipinski definition) is 1. The van der Waals surface area contributed by atoms with Gasteiger partial charge in [0.2, 0.25) is 5.91 Å². The van der Waals surface area contributed by atoms with Crippen LogP contribution in [0.2, 0.25) is 0 Å². The summed E-state index contributed by atoms with van der Waals surface area (Å²) < 4.78 is 7.45. The molecule has 0 bridgehead atoms. The first-order chi connectivity index (χ1) is 14.6. The van der Waals surface area contributed by atoms with Crippen LogP contribution in [0.3, 0.4) is 0 Å². The topological polar surface area (TPSA) is 76.5 Å². The first-order valence-electron chi connectivity index (χ1n) is 10.0. The highest BCUT2D eigenvalue weighted by molar-refractivity contribution is 6.00. The quantitative estimate of drug-likeness (QED) is 0.657. The maximum Gasteiger partial charge on any atom is 0.267 e. The van der Waals surface area contributed by atoms with Crippen molar-refractivity contribution in [1.82, 2.24) is 15.1 Å². The second-order valence-electron chi connectivity index (χ2n) is 7.20. The van der Waals surface area contributed by atoms with Crippen molar-refractivity contribution in [2.45, 2.75) is 25.9 Å². The summed E-state index contributed by atoms with van der Waals surface area (Å²) in [5, 5.41) is 7.29. The van der Waals surface area contributed by atoms with Gasteiger partial charge in [0.05, 0.1) is 17.6 Å². The number of amides is 2. The molecule has 2 aromatic carbocycles. The third kappa shape index (κ3) is 4.35. The normalized spacial score (nSPS) is 15.4. The Morgan fingerprint density at radius 1 is 1.13 bits per heavy atom. The van der Waals surface area contributed by atoms with Crippen LogP contribution in [0.25, 0.3) is 5.69 Å². The number of ether oxygens (including phenoxy) is 1. The Morgan fingerprint density at radius 3 is 2.73 bits per heavy atom. The van der Waals surface area contributed by atoms with Crippen LogP contribution in [-0.2, 0) is 16.0 Å². The lowest BCUT2D eigenvalue weighted by atomic mass is 10.1. The van der Waals surface area contributed by atoms with Gasteiger partial charge in [-0.05, 0) is 43.2 Å². The van der Waals surface area contributed by atoms with E-state index in [2.05, 4.69) is 10.4 Å². The summed E-state index contributed by atoms with van der Waals surface area (Å²) in [4.78, 5) is 26.4. The van der Waals surface area contributed by atoms with Crippen LogP contribution < -0.4 is 15.0 Å². The van der Waals surface area contributed by atoms with Crippen LogP contribution in [0, 0.1) is 0 Å². The average Bonchev–Trinajstić information content (AvgIpc) is 3.24. The fourth-order valence-corrected chi connectivity index (χ4v) is 3.45. The molecule has 7 heteroatoms. The number of nitrogens with zero attached hydrogens (tertiary/aromatic N) is 3. The standard InChI is InChI=1S/C23H24N4O3/c1-17-23(29)26(20-9-5-6-10-21(20)30-17)14-12-22(28)24-13-11-18-15-25-27(16-18)19-7-3-2-4-8-19/h2-10,15-17H,11-14H2,1H3,(H,24,28). The molecule has 1 aromatic heterocycles. The molecular formula is C23H24N4O3. The van der Waals surface area contributed by atoms with Gasteiger partial charge in [0.25, 0.3) is 5.91 Å². The van der Waals surface area contributed by atoms with Crippen LogP contribution in [-0.4, -0.2) is 40.8 Å². The highest BCUT2D eigenvalue weighted by atomic mass is 16.5. The number of rotatable bonds is 7. The molecule has 7 nitrogen and oxygen atoms in total. The van der Waals surface area contributed by atoms with Gasteiger partial charge in [-0.25, -0.2) is 4.68 Å². The first-order valence-corrected chi connectivity index (χ1v) is 10.0. The number of nitrogens with one attached hydrogen (secondary N) is 1. The fraction of sp³-hybridized carbons (Fsp3) is 0.261. The van der Waals surface area contributed by atoms with Crippen LogP contribution in [0.4, 0.5) is 5.69 Å². The maximum atomic E-state index is 12.5. The van der Waals surface area contributed by atoms with Crippen LogP contribution in [0.1, 0.15) is 18.9 Å². The molecule has 1 aliphatic rings. The molecule has 0 saturated carbocycles. The van der Waals surface area contributed by atoms with E-state index in [4.69, 9.17) is 4.74 Å². The second-order valence-corrected chi connectivity index (χ2v) is 7.20. The Morgan fingerprint density at radius 2 is 1.90 bits per heavy atom. The molecule has 0 radical (unpaired) electrons. The van der Waals surface area contributed by atoms with Gasteiger partial charge in [-0.3, -0.25) is 9.59 Å². The zero-order chi connectivity index (χ0) is 20.9. The third-order valence-corrected chi connectivity index (χ3v) is 5.03. The number of fused-ring (bicyclic) bond motifs is 1. The Kier molecular flexibility index (Phi) is 5.79. The number of aromatic nitrogens is 2. The lowest BCUT2D eigenvalue weighted by Crippen LogP contribution is -2.45. The van der Waals surface area contributed by atoms with Crippen molar-refractivity contribution in [3.05, 3.63) is 72.6 Å². The molecule has 2 heterocycles. The van der Waals surface area contributed by atoms with Crippen molar-refractivity contribution in [2.24, 2.45) is 0 Å². The summed E-state index contributed by atoms with van der Waals surface area (Å²) in [5.41, 5.74) is 2.75. The van der Waals surface area contributed by atoms with Crippen molar-refractivity contribution in [1.29, 1.82) is 0 Å². The van der Waals surface area contributed by atoms with Gasteiger partial charge < -0.3 is 15.0 Å². The van der Waals surface area contributed by atoms with E-state index in [0.29, 0.717) is 30.9 Å². The minimum Gasteiger partial charge on any atom is -0.479 e. The molecule has 0 saturated heterocycles. The Balaban J connectivity index is 1.27. The SMILES string of the molecule is CC1Oc2ccccc2N(CCC(=O)NCCc2cnn(-c3ccccc3)c2)C1=O. The Bertz CT molecular complexity index is 1030. The van der Waals surface area contributed by atoms with Crippen molar-refractivity contribution in [2.75, 3.05) is 18.0 Å². The first kappa shape index (κ1) is 19.7. The summed E-state index contributed by atoms with van der Waals surface area (Å²) in [6.07, 6.45) is 4.14. The smallest absolute Gasteiger partial charge is 0.267 e. The molecule has 1 aliphatic heterocycles. The minimum absolute atomic E-state index is 0.0881. The highest BCUT2D eigenvalue weighted by Gasteiger charge is 2.31. The van der Waals surface area contributed by atoms with E-state index in [-0.39, 0.29) is 18.2 Å². The summed E-state index contributed by atoms with van der Waals surface area (Å²) in [6, 6.07) is 17.3. The van der Waals surface area contributed by atoms with E-state index in [0.717, 1.165) is 11.3 Å². The minimum atomic E-state index is -0.552. The lowest BCUT2D eigenvalue weighted by molar-refractivity contribution is -0.125. The second kappa shape index (κ2) is 8.82. The van der Waals surface area contributed by atoms with E-state index >= 15 is 0 Å². The zero-order valence-electron chi connectivity index (χ0n) is 16.8. The molecule has 1 atom stereocenters. The van der Waals surface area contributed by atoms with Crippen molar-refractivity contribution in [3.8, 4) is 11.4 Å². The Hall–Kier alpha value is -3.61. The number of anilines is 1.